The second kappa shape index (κ2) is 6.83. The maximum Gasteiger partial charge on any atom is 0.285 e. The van der Waals surface area contributed by atoms with Gasteiger partial charge in [-0.1, -0.05) is 0 Å². The average molecular weight is 343 g/mol. The van der Waals surface area contributed by atoms with Gasteiger partial charge in [0.2, 0.25) is 6.79 Å². The lowest BCUT2D eigenvalue weighted by atomic mass is 10.1. The summed E-state index contributed by atoms with van der Waals surface area (Å²) in [6, 6.07) is 6.98. The van der Waals surface area contributed by atoms with Crippen LogP contribution < -0.4 is 19.8 Å². The van der Waals surface area contributed by atoms with Crippen LogP contribution in [0.15, 0.2) is 23.0 Å². The van der Waals surface area contributed by atoms with Gasteiger partial charge in [0.05, 0.1) is 12.2 Å². The Labute approximate surface area is 143 Å². The zero-order valence-corrected chi connectivity index (χ0v) is 13.9. The van der Waals surface area contributed by atoms with Crippen molar-refractivity contribution >= 4 is 0 Å². The third-order valence-corrected chi connectivity index (χ3v) is 3.92. The minimum absolute atomic E-state index is 0.0383. The molecule has 0 aliphatic carbocycles. The Morgan fingerprint density at radius 3 is 2.92 bits per heavy atom. The average Bonchev–Trinajstić information content (AvgIpc) is 3.06. The minimum Gasteiger partial charge on any atom is -0.491 e. The third kappa shape index (κ3) is 3.41. The van der Waals surface area contributed by atoms with Crippen molar-refractivity contribution in [1.29, 1.82) is 5.26 Å². The van der Waals surface area contributed by atoms with Crippen LogP contribution in [0.25, 0.3) is 0 Å². The van der Waals surface area contributed by atoms with Gasteiger partial charge in [-0.3, -0.25) is 4.79 Å². The van der Waals surface area contributed by atoms with Crippen molar-refractivity contribution in [3.8, 4) is 23.3 Å². The molecule has 8 nitrogen and oxygen atoms in total. The summed E-state index contributed by atoms with van der Waals surface area (Å²) in [6.45, 7) is 3.44. The molecule has 0 radical (unpaired) electrons. The molecule has 1 atom stereocenters. The highest BCUT2D eigenvalue weighted by molar-refractivity contribution is 5.46. The van der Waals surface area contributed by atoms with Crippen LogP contribution in [-0.4, -0.2) is 34.4 Å². The largest absolute Gasteiger partial charge is 0.491 e. The van der Waals surface area contributed by atoms with Crippen molar-refractivity contribution in [2.45, 2.75) is 26.5 Å². The first-order valence-corrected chi connectivity index (χ1v) is 7.68. The molecule has 0 saturated carbocycles. The van der Waals surface area contributed by atoms with Gasteiger partial charge in [0.25, 0.3) is 5.56 Å². The molecule has 1 aliphatic heterocycles. The van der Waals surface area contributed by atoms with Crippen molar-refractivity contribution in [3.05, 3.63) is 45.4 Å². The summed E-state index contributed by atoms with van der Waals surface area (Å²) in [5.41, 5.74) is 0.638. The molecule has 1 unspecified atom stereocenters. The van der Waals surface area contributed by atoms with Crippen LogP contribution in [0.4, 0.5) is 0 Å². The van der Waals surface area contributed by atoms with E-state index < -0.39 is 11.7 Å². The van der Waals surface area contributed by atoms with Crippen molar-refractivity contribution in [2.24, 2.45) is 0 Å². The minimum atomic E-state index is -0.968. The number of benzene rings is 1. The quantitative estimate of drug-likeness (QED) is 0.859. The van der Waals surface area contributed by atoms with Crippen LogP contribution in [0.3, 0.4) is 0 Å². The number of fused-ring (bicyclic) bond motifs is 1. The van der Waals surface area contributed by atoms with Gasteiger partial charge in [-0.05, 0) is 31.5 Å². The molecule has 0 spiro atoms. The van der Waals surface area contributed by atoms with E-state index in [2.05, 4.69) is 5.10 Å². The molecular weight excluding hydrogens is 326 g/mol. The number of ether oxygens (including phenoxy) is 3. The SMILES string of the molecule is Cc1nn(CC(O)COc2ccc3c(c2)OCO3)c(=O)c(C#N)c1C. The maximum absolute atomic E-state index is 12.2. The number of hydrogen-bond donors (Lipinski definition) is 1. The van der Waals surface area contributed by atoms with Gasteiger partial charge in [0.15, 0.2) is 11.5 Å². The summed E-state index contributed by atoms with van der Waals surface area (Å²) in [5, 5.41) is 23.4. The lowest BCUT2D eigenvalue weighted by Gasteiger charge is -2.15. The Bertz CT molecular complexity index is 900. The van der Waals surface area contributed by atoms with Gasteiger partial charge in [-0.2, -0.15) is 10.4 Å². The number of aliphatic hydroxyl groups excluding tert-OH is 1. The molecule has 1 aromatic heterocycles. The molecule has 0 bridgehead atoms. The first kappa shape index (κ1) is 16.8. The normalized spacial score (nSPS) is 13.4. The molecular formula is C17H17N3O5. The molecule has 25 heavy (non-hydrogen) atoms. The Kier molecular flexibility index (Phi) is 4.59. The van der Waals surface area contributed by atoms with Gasteiger partial charge in [-0.15, -0.1) is 0 Å². The Balaban J connectivity index is 1.67. The molecule has 8 heteroatoms. The Morgan fingerprint density at radius 2 is 2.16 bits per heavy atom. The number of aromatic nitrogens is 2. The van der Waals surface area contributed by atoms with E-state index in [-0.39, 0.29) is 25.5 Å². The molecule has 1 aliphatic rings. The number of aryl methyl sites for hydroxylation is 1. The van der Waals surface area contributed by atoms with Crippen LogP contribution in [0, 0.1) is 25.2 Å². The molecule has 0 amide bonds. The topological polar surface area (TPSA) is 107 Å². The van der Waals surface area contributed by atoms with Crippen LogP contribution >= 0.6 is 0 Å². The molecule has 1 N–H and O–H groups in total. The monoisotopic (exact) mass is 343 g/mol. The standard InChI is InChI=1S/C17H17N3O5/c1-10-11(2)19-20(17(22)14(10)6-18)7-12(21)8-23-13-3-4-15-16(5-13)25-9-24-15/h3-5,12,21H,7-9H2,1-2H3. The zero-order valence-electron chi connectivity index (χ0n) is 13.9. The fourth-order valence-electron chi connectivity index (χ4n) is 2.44. The lowest BCUT2D eigenvalue weighted by Crippen LogP contribution is -2.34. The molecule has 2 aromatic rings. The first-order valence-electron chi connectivity index (χ1n) is 7.68. The van der Waals surface area contributed by atoms with E-state index in [1.807, 2.05) is 6.07 Å². The summed E-state index contributed by atoms with van der Waals surface area (Å²) in [5.74, 6) is 1.74. The van der Waals surface area contributed by atoms with Crippen molar-refractivity contribution in [3.63, 3.8) is 0 Å². The Morgan fingerprint density at radius 1 is 1.40 bits per heavy atom. The number of rotatable bonds is 5. The van der Waals surface area contributed by atoms with Crippen molar-refractivity contribution < 1.29 is 19.3 Å². The van der Waals surface area contributed by atoms with E-state index in [0.717, 1.165) is 4.68 Å². The first-order chi connectivity index (χ1) is 12.0. The summed E-state index contributed by atoms with van der Waals surface area (Å²) < 4.78 is 17.1. The zero-order chi connectivity index (χ0) is 18.0. The van der Waals surface area contributed by atoms with Crippen LogP contribution in [-0.2, 0) is 6.54 Å². The highest BCUT2D eigenvalue weighted by Crippen LogP contribution is 2.35. The fraction of sp³-hybridized carbons (Fsp3) is 0.353. The van der Waals surface area contributed by atoms with E-state index in [0.29, 0.717) is 28.5 Å². The highest BCUT2D eigenvalue weighted by atomic mass is 16.7. The Hall–Kier alpha value is -3.05. The number of hydrogen-bond acceptors (Lipinski definition) is 7. The van der Waals surface area contributed by atoms with E-state index in [1.165, 1.54) is 0 Å². The summed E-state index contributed by atoms with van der Waals surface area (Å²) in [7, 11) is 0. The van der Waals surface area contributed by atoms with Gasteiger partial charge < -0.3 is 19.3 Å². The molecule has 1 aromatic carbocycles. The third-order valence-electron chi connectivity index (χ3n) is 3.92. The van der Waals surface area contributed by atoms with Crippen molar-refractivity contribution in [2.75, 3.05) is 13.4 Å². The predicted octanol–water partition coefficient (Wildman–Crippen LogP) is 0.900. The predicted molar refractivity (Wildman–Crippen MR) is 86.8 cm³/mol. The number of nitriles is 1. The van der Waals surface area contributed by atoms with E-state index in [1.54, 1.807) is 32.0 Å². The molecule has 0 fully saturated rings. The number of nitrogens with zero attached hydrogens (tertiary/aromatic N) is 3. The van der Waals surface area contributed by atoms with E-state index >= 15 is 0 Å². The molecule has 2 heterocycles. The molecule has 130 valence electrons. The van der Waals surface area contributed by atoms with Crippen LogP contribution in [0.5, 0.6) is 17.2 Å². The van der Waals surface area contributed by atoms with Crippen LogP contribution in [0.2, 0.25) is 0 Å². The summed E-state index contributed by atoms with van der Waals surface area (Å²) in [4.78, 5) is 12.2. The summed E-state index contributed by atoms with van der Waals surface area (Å²) >= 11 is 0. The smallest absolute Gasteiger partial charge is 0.285 e. The van der Waals surface area contributed by atoms with Gasteiger partial charge in [0.1, 0.15) is 30.1 Å². The fourth-order valence-corrected chi connectivity index (χ4v) is 2.44. The highest BCUT2D eigenvalue weighted by Gasteiger charge is 2.16. The van der Waals surface area contributed by atoms with Gasteiger partial charge in [0, 0.05) is 6.07 Å². The maximum atomic E-state index is 12.2. The van der Waals surface area contributed by atoms with E-state index in [4.69, 9.17) is 19.5 Å². The molecule has 3 rings (SSSR count). The van der Waals surface area contributed by atoms with Crippen LogP contribution in [0.1, 0.15) is 16.8 Å². The lowest BCUT2D eigenvalue weighted by molar-refractivity contribution is 0.0876. The van der Waals surface area contributed by atoms with Gasteiger partial charge >= 0.3 is 0 Å². The van der Waals surface area contributed by atoms with Crippen molar-refractivity contribution in [1.82, 2.24) is 9.78 Å². The van der Waals surface area contributed by atoms with Gasteiger partial charge in [-0.25, -0.2) is 4.68 Å². The molecule has 0 saturated heterocycles. The second-order valence-electron chi connectivity index (χ2n) is 5.66. The second-order valence-corrected chi connectivity index (χ2v) is 5.66. The van der Waals surface area contributed by atoms with E-state index in [9.17, 15) is 9.90 Å². The number of aliphatic hydroxyl groups is 1. The summed E-state index contributed by atoms with van der Waals surface area (Å²) in [6.07, 6.45) is -0.968.